The molecule has 2 fully saturated rings. The first-order valence-corrected chi connectivity index (χ1v) is 14.2. The van der Waals surface area contributed by atoms with Gasteiger partial charge in [0.15, 0.2) is 11.6 Å². The fourth-order valence-corrected chi connectivity index (χ4v) is 6.71. The maximum Gasteiger partial charge on any atom is 0.409 e. The average molecular weight is 585 g/mol. The number of benzene rings is 1. The summed E-state index contributed by atoms with van der Waals surface area (Å²) in [7, 11) is 0. The molecule has 0 radical (unpaired) electrons. The average Bonchev–Trinajstić information content (AvgIpc) is 3.60. The molecule has 0 aliphatic carbocycles. The van der Waals surface area contributed by atoms with Crippen LogP contribution in [0.25, 0.3) is 22.3 Å². The fraction of sp³-hybridized carbons (Fsp3) is 0.448. The Hall–Kier alpha value is -3.71. The van der Waals surface area contributed by atoms with Gasteiger partial charge in [-0.25, -0.2) is 28.7 Å². The molecule has 13 heteroatoms. The van der Waals surface area contributed by atoms with Crippen LogP contribution in [0.5, 0.6) is 0 Å². The van der Waals surface area contributed by atoms with Crippen molar-refractivity contribution in [2.75, 3.05) is 25.0 Å². The Labute approximate surface area is 238 Å². The van der Waals surface area contributed by atoms with E-state index in [0.717, 1.165) is 48.6 Å². The summed E-state index contributed by atoms with van der Waals surface area (Å²) in [6, 6.07) is 5.40. The quantitative estimate of drug-likeness (QED) is 0.295. The Kier molecular flexibility index (Phi) is 6.61. The third-order valence-corrected chi connectivity index (χ3v) is 8.76. The molecule has 4 aromatic rings. The van der Waals surface area contributed by atoms with E-state index in [0.29, 0.717) is 17.9 Å². The van der Waals surface area contributed by atoms with E-state index in [-0.39, 0.29) is 46.9 Å². The number of likely N-dealkylation sites (N-methyl/N-ethyl adjacent to an activating group) is 1. The van der Waals surface area contributed by atoms with Crippen molar-refractivity contribution < 1.29 is 22.0 Å². The maximum absolute atomic E-state index is 15.0. The number of fused-ring (bicyclic) bond motifs is 5. The molecular weight excluding hydrogens is 555 g/mol. The van der Waals surface area contributed by atoms with Gasteiger partial charge < -0.3 is 14.8 Å². The molecule has 6 heterocycles. The summed E-state index contributed by atoms with van der Waals surface area (Å²) in [6.45, 7) is 6.27. The van der Waals surface area contributed by atoms with E-state index in [1.165, 1.54) is 18.9 Å². The molecule has 8 nitrogen and oxygen atoms in total. The molecule has 0 saturated carbocycles. The van der Waals surface area contributed by atoms with E-state index in [2.05, 4.69) is 42.0 Å². The molecule has 0 spiro atoms. The predicted octanol–water partition coefficient (Wildman–Crippen LogP) is 5.63. The van der Waals surface area contributed by atoms with E-state index in [4.69, 9.17) is 0 Å². The van der Waals surface area contributed by atoms with Crippen molar-refractivity contribution in [2.24, 2.45) is 0 Å². The van der Waals surface area contributed by atoms with E-state index < -0.39 is 23.9 Å². The first-order valence-electron chi connectivity index (χ1n) is 14.2. The van der Waals surface area contributed by atoms with Gasteiger partial charge >= 0.3 is 6.18 Å². The molecule has 3 atom stereocenters. The lowest BCUT2D eigenvalue weighted by atomic mass is 10.1. The number of imidazole rings is 1. The zero-order valence-corrected chi connectivity index (χ0v) is 22.9. The van der Waals surface area contributed by atoms with Crippen molar-refractivity contribution in [2.45, 2.75) is 63.5 Å². The number of nitrogens with zero attached hydrogens (tertiary/aromatic N) is 7. The number of aryl methyl sites for hydroxylation is 1. The van der Waals surface area contributed by atoms with Crippen molar-refractivity contribution in [1.29, 1.82) is 0 Å². The topological polar surface area (TPSA) is 75.0 Å². The summed E-state index contributed by atoms with van der Waals surface area (Å²) in [5.41, 5.74) is 0.592. The highest BCUT2D eigenvalue weighted by Gasteiger charge is 2.46. The molecule has 0 amide bonds. The summed E-state index contributed by atoms with van der Waals surface area (Å²) in [5, 5.41) is 2.95. The lowest BCUT2D eigenvalue weighted by Crippen LogP contribution is -2.52. The number of likely N-dealkylation sites (tertiary alicyclic amines) is 1. The lowest BCUT2D eigenvalue weighted by molar-refractivity contribution is -0.164. The molecule has 1 N–H and O–H groups in total. The largest absolute Gasteiger partial charge is 0.409 e. The van der Waals surface area contributed by atoms with Gasteiger partial charge in [0.1, 0.15) is 28.9 Å². The highest BCUT2D eigenvalue weighted by atomic mass is 19.4. The number of rotatable bonds is 6. The molecular formula is C29H29F5N8. The second kappa shape index (κ2) is 10.2. The smallest absolute Gasteiger partial charge is 0.316 e. The molecule has 42 heavy (non-hydrogen) atoms. The zero-order chi connectivity index (χ0) is 29.2. The van der Waals surface area contributed by atoms with Crippen LogP contribution in [0.4, 0.5) is 33.7 Å². The molecule has 7 rings (SSSR count). The SMILES string of the molecule is CCN1CC2CCC(C1)N2Cc1ccc(Nc2ncc(F)c(-c3cc(F)c4nc5n(c4c3)[C@H](C(F)(F)F)CC5)n2)nc1. The molecule has 3 aliphatic rings. The van der Waals surface area contributed by atoms with Gasteiger partial charge in [-0.2, -0.15) is 13.2 Å². The molecule has 2 unspecified atom stereocenters. The van der Waals surface area contributed by atoms with Crippen LogP contribution in [0.2, 0.25) is 0 Å². The van der Waals surface area contributed by atoms with Crippen LogP contribution in [0, 0.1) is 11.6 Å². The minimum Gasteiger partial charge on any atom is -0.316 e. The van der Waals surface area contributed by atoms with Crippen LogP contribution in [-0.4, -0.2) is 72.2 Å². The van der Waals surface area contributed by atoms with E-state index >= 15 is 4.39 Å². The summed E-state index contributed by atoms with van der Waals surface area (Å²) in [6.07, 6.45) is 0.529. The normalized spacial score (nSPS) is 22.7. The number of anilines is 2. The van der Waals surface area contributed by atoms with Crippen LogP contribution >= 0.6 is 0 Å². The molecule has 2 saturated heterocycles. The van der Waals surface area contributed by atoms with Crippen LogP contribution in [0.3, 0.4) is 0 Å². The summed E-state index contributed by atoms with van der Waals surface area (Å²) in [5.74, 6) is -1.07. The predicted molar refractivity (Wildman–Crippen MR) is 146 cm³/mol. The standard InChI is InChI=1S/C29H29F5N8/c1-2-40-14-18-4-5-19(15-40)41(18)13-16-3-7-24(35-11-16)37-28-36-12-21(31)26(39-28)17-9-20(30)27-22(10-17)42-23(29(32,33)34)6-8-25(42)38-27/h3,7,9-12,18-19,23H,2,4-6,8,13-15H2,1H3,(H,35,36,37,39)/t18?,19?,23-/m0/s1. The van der Waals surface area contributed by atoms with Gasteiger partial charge in [-0.3, -0.25) is 4.90 Å². The lowest BCUT2D eigenvalue weighted by Gasteiger charge is -2.40. The minimum atomic E-state index is -4.52. The highest BCUT2D eigenvalue weighted by Crippen LogP contribution is 2.42. The zero-order valence-electron chi connectivity index (χ0n) is 22.9. The number of halogens is 5. The van der Waals surface area contributed by atoms with Crippen molar-refractivity contribution in [3.63, 3.8) is 0 Å². The Morgan fingerprint density at radius 2 is 1.74 bits per heavy atom. The van der Waals surface area contributed by atoms with Crippen LogP contribution in [0.15, 0.2) is 36.7 Å². The summed E-state index contributed by atoms with van der Waals surface area (Å²) in [4.78, 5) is 21.9. The molecule has 1 aromatic carbocycles. The van der Waals surface area contributed by atoms with Crippen molar-refractivity contribution >= 4 is 22.8 Å². The molecule has 220 valence electrons. The number of nitrogens with one attached hydrogen (secondary N) is 1. The third-order valence-electron chi connectivity index (χ3n) is 8.76. The summed E-state index contributed by atoms with van der Waals surface area (Å²) < 4.78 is 71.9. The number of piperazine rings is 1. The first kappa shape index (κ1) is 27.1. The number of alkyl halides is 3. The van der Waals surface area contributed by atoms with Crippen molar-refractivity contribution in [3.05, 3.63) is 59.7 Å². The molecule has 3 aliphatic heterocycles. The molecule has 3 aromatic heterocycles. The van der Waals surface area contributed by atoms with Gasteiger partial charge in [0.25, 0.3) is 0 Å². The number of hydrogen-bond donors (Lipinski definition) is 1. The number of aromatic nitrogens is 5. The third kappa shape index (κ3) is 4.77. The van der Waals surface area contributed by atoms with Crippen LogP contribution in [0.1, 0.15) is 43.6 Å². The monoisotopic (exact) mass is 584 g/mol. The van der Waals surface area contributed by atoms with Crippen LogP contribution < -0.4 is 5.32 Å². The summed E-state index contributed by atoms with van der Waals surface area (Å²) >= 11 is 0. The van der Waals surface area contributed by atoms with Crippen molar-refractivity contribution in [3.8, 4) is 11.3 Å². The Morgan fingerprint density at radius 1 is 0.952 bits per heavy atom. The highest BCUT2D eigenvalue weighted by molar-refractivity contribution is 5.83. The number of pyridine rings is 1. The van der Waals surface area contributed by atoms with Gasteiger partial charge in [-0.05, 0) is 49.6 Å². The Morgan fingerprint density at radius 3 is 2.43 bits per heavy atom. The van der Waals surface area contributed by atoms with Gasteiger partial charge in [0.2, 0.25) is 5.95 Å². The Bertz CT molecular complexity index is 1620. The van der Waals surface area contributed by atoms with Gasteiger partial charge in [0.05, 0.1) is 11.7 Å². The minimum absolute atomic E-state index is 0.0143. The van der Waals surface area contributed by atoms with Gasteiger partial charge in [-0.1, -0.05) is 13.0 Å². The number of hydrogen-bond acceptors (Lipinski definition) is 7. The van der Waals surface area contributed by atoms with Gasteiger partial charge in [-0.15, -0.1) is 0 Å². The maximum atomic E-state index is 15.0. The molecule has 2 bridgehead atoms. The second-order valence-electron chi connectivity index (χ2n) is 11.3. The second-order valence-corrected chi connectivity index (χ2v) is 11.3. The van der Waals surface area contributed by atoms with Crippen LogP contribution in [-0.2, 0) is 13.0 Å². The van der Waals surface area contributed by atoms with E-state index in [1.807, 2.05) is 6.07 Å². The Balaban J connectivity index is 1.12. The van der Waals surface area contributed by atoms with Crippen molar-refractivity contribution in [1.82, 2.24) is 34.3 Å². The fourth-order valence-electron chi connectivity index (χ4n) is 6.71. The van der Waals surface area contributed by atoms with E-state index in [9.17, 15) is 17.6 Å². The van der Waals surface area contributed by atoms with Gasteiger partial charge in [0, 0.05) is 49.9 Å². The van der Waals surface area contributed by atoms with E-state index in [1.54, 1.807) is 12.3 Å². The first-order chi connectivity index (χ1) is 20.2.